The van der Waals surface area contributed by atoms with Gasteiger partial charge in [0, 0.05) is 0 Å². The minimum Gasteiger partial charge on any atom is -0.295 e. The zero-order valence-corrected chi connectivity index (χ0v) is 14.6. The van der Waals surface area contributed by atoms with Crippen molar-refractivity contribution < 1.29 is 13.2 Å². The summed E-state index contributed by atoms with van der Waals surface area (Å²) in [7, 11) is -3.63. The molecule has 0 bridgehead atoms. The minimum atomic E-state index is -3.63. The summed E-state index contributed by atoms with van der Waals surface area (Å²) in [4.78, 5) is 11.0. The molecular formula is C16H16Cl2O3S. The standard InChI is InChI=1S/C16H16Cl2O3S/c1-11(6-4-7-12(2)13(3)19)10-22(20,21)15-9-5-8-14(17)16(15)18/h4-9H,1,10H2,2-3H3/b6-4-,12-7+. The van der Waals surface area contributed by atoms with Gasteiger partial charge >= 0.3 is 0 Å². The van der Waals surface area contributed by atoms with Crippen LogP contribution in [0, 0.1) is 0 Å². The summed E-state index contributed by atoms with van der Waals surface area (Å²) in [5.41, 5.74) is 0.952. The number of sulfone groups is 1. The highest BCUT2D eigenvalue weighted by atomic mass is 35.5. The molecular weight excluding hydrogens is 343 g/mol. The van der Waals surface area contributed by atoms with Gasteiger partial charge in [0.15, 0.2) is 15.6 Å². The van der Waals surface area contributed by atoms with E-state index in [0.29, 0.717) is 11.1 Å². The molecule has 0 aliphatic carbocycles. The highest BCUT2D eigenvalue weighted by molar-refractivity contribution is 7.91. The van der Waals surface area contributed by atoms with Crippen molar-refractivity contribution in [2.45, 2.75) is 18.7 Å². The Morgan fingerprint density at radius 3 is 2.50 bits per heavy atom. The van der Waals surface area contributed by atoms with Gasteiger partial charge in [-0.15, -0.1) is 0 Å². The van der Waals surface area contributed by atoms with Crippen LogP contribution in [0.2, 0.25) is 10.0 Å². The van der Waals surface area contributed by atoms with Gasteiger partial charge in [0.2, 0.25) is 0 Å². The van der Waals surface area contributed by atoms with Gasteiger partial charge in [0.05, 0.1) is 20.7 Å². The first kappa shape index (κ1) is 18.7. The summed E-state index contributed by atoms with van der Waals surface area (Å²) >= 11 is 11.8. The van der Waals surface area contributed by atoms with Gasteiger partial charge in [-0.25, -0.2) is 8.42 Å². The second-order valence-electron chi connectivity index (χ2n) is 4.73. The molecule has 1 rings (SSSR count). The first-order chi connectivity index (χ1) is 10.1. The van der Waals surface area contributed by atoms with Crippen LogP contribution in [0.25, 0.3) is 0 Å². The van der Waals surface area contributed by atoms with Gasteiger partial charge in [-0.1, -0.05) is 54.1 Å². The lowest BCUT2D eigenvalue weighted by Gasteiger charge is -2.07. The van der Waals surface area contributed by atoms with Crippen molar-refractivity contribution in [1.82, 2.24) is 0 Å². The Balaban J connectivity index is 2.92. The Kier molecular flexibility index (Phi) is 6.60. The number of hydrogen-bond acceptors (Lipinski definition) is 3. The molecule has 0 aromatic heterocycles. The fourth-order valence-electron chi connectivity index (χ4n) is 1.54. The minimum absolute atomic E-state index is 0.00765. The zero-order valence-electron chi connectivity index (χ0n) is 12.3. The highest BCUT2D eigenvalue weighted by Crippen LogP contribution is 2.30. The van der Waals surface area contributed by atoms with Crippen molar-refractivity contribution in [2.24, 2.45) is 0 Å². The van der Waals surface area contributed by atoms with Crippen LogP contribution < -0.4 is 0 Å². The van der Waals surface area contributed by atoms with Gasteiger partial charge in [0.25, 0.3) is 0 Å². The van der Waals surface area contributed by atoms with Crippen LogP contribution in [0.1, 0.15) is 13.8 Å². The number of carbonyl (C=O) groups is 1. The number of halogens is 2. The molecule has 0 N–H and O–H groups in total. The van der Waals surface area contributed by atoms with E-state index in [0.717, 1.165) is 0 Å². The van der Waals surface area contributed by atoms with Crippen LogP contribution in [0.15, 0.2) is 59.0 Å². The van der Waals surface area contributed by atoms with E-state index in [1.807, 2.05) is 0 Å². The molecule has 0 atom stereocenters. The molecule has 3 nitrogen and oxygen atoms in total. The third-order valence-electron chi connectivity index (χ3n) is 2.86. The number of Topliss-reactive ketones (excluding diaryl/α,β-unsaturated/α-hetero) is 1. The number of ketones is 1. The average molecular weight is 359 g/mol. The molecule has 1 aromatic carbocycles. The van der Waals surface area contributed by atoms with E-state index in [1.165, 1.54) is 25.1 Å². The van der Waals surface area contributed by atoms with Crippen molar-refractivity contribution in [3.8, 4) is 0 Å². The molecule has 118 valence electrons. The van der Waals surface area contributed by atoms with Crippen molar-refractivity contribution in [2.75, 3.05) is 5.75 Å². The maximum absolute atomic E-state index is 12.3. The number of benzene rings is 1. The monoisotopic (exact) mass is 358 g/mol. The van der Waals surface area contributed by atoms with E-state index < -0.39 is 9.84 Å². The molecule has 0 saturated carbocycles. The van der Waals surface area contributed by atoms with Gasteiger partial charge in [-0.05, 0) is 37.1 Å². The van der Waals surface area contributed by atoms with E-state index in [-0.39, 0.29) is 26.5 Å². The molecule has 0 aliphatic rings. The van der Waals surface area contributed by atoms with E-state index in [1.54, 1.807) is 25.2 Å². The zero-order chi connectivity index (χ0) is 16.9. The lowest BCUT2D eigenvalue weighted by molar-refractivity contribution is -0.113. The largest absolute Gasteiger partial charge is 0.295 e. The molecule has 0 heterocycles. The van der Waals surface area contributed by atoms with Crippen LogP contribution in [-0.4, -0.2) is 20.0 Å². The Morgan fingerprint density at radius 1 is 1.27 bits per heavy atom. The lowest BCUT2D eigenvalue weighted by Crippen LogP contribution is -2.08. The molecule has 22 heavy (non-hydrogen) atoms. The molecule has 0 aliphatic heterocycles. The van der Waals surface area contributed by atoms with Crippen molar-refractivity contribution in [3.05, 3.63) is 64.2 Å². The predicted octanol–water partition coefficient (Wildman–Crippen LogP) is 4.41. The van der Waals surface area contributed by atoms with Crippen LogP contribution in [0.3, 0.4) is 0 Å². The van der Waals surface area contributed by atoms with Crippen molar-refractivity contribution >= 4 is 38.8 Å². The van der Waals surface area contributed by atoms with Crippen molar-refractivity contribution in [1.29, 1.82) is 0 Å². The molecule has 0 spiro atoms. The van der Waals surface area contributed by atoms with Gasteiger partial charge in [-0.2, -0.15) is 0 Å². The molecule has 0 unspecified atom stereocenters. The summed E-state index contributed by atoms with van der Waals surface area (Å²) in [6, 6.07) is 4.45. The average Bonchev–Trinajstić information content (AvgIpc) is 2.40. The Hall–Kier alpha value is -1.36. The normalized spacial score (nSPS) is 12.6. The third-order valence-corrected chi connectivity index (χ3v) is 5.55. The molecule has 6 heteroatoms. The Morgan fingerprint density at radius 2 is 1.91 bits per heavy atom. The van der Waals surface area contributed by atoms with Crippen LogP contribution in [0.4, 0.5) is 0 Å². The summed E-state index contributed by atoms with van der Waals surface area (Å²) in [5, 5.41) is 0.192. The number of carbonyl (C=O) groups excluding carboxylic acids is 1. The molecule has 0 saturated heterocycles. The third kappa shape index (κ3) is 5.13. The number of hydrogen-bond donors (Lipinski definition) is 0. The fourth-order valence-corrected chi connectivity index (χ4v) is 3.66. The SMILES string of the molecule is C=C(/C=C\C=C(/C)C(C)=O)CS(=O)(=O)c1cccc(Cl)c1Cl. The first-order valence-corrected chi connectivity index (χ1v) is 8.76. The number of allylic oxidation sites excluding steroid dienone is 4. The molecule has 0 radical (unpaired) electrons. The lowest BCUT2D eigenvalue weighted by atomic mass is 10.2. The Labute approximate surface area is 140 Å². The van der Waals surface area contributed by atoms with E-state index in [2.05, 4.69) is 6.58 Å². The maximum atomic E-state index is 12.3. The van der Waals surface area contributed by atoms with E-state index >= 15 is 0 Å². The van der Waals surface area contributed by atoms with Crippen LogP contribution in [-0.2, 0) is 14.6 Å². The topological polar surface area (TPSA) is 51.2 Å². The summed E-state index contributed by atoms with van der Waals surface area (Å²) in [6.07, 6.45) is 4.74. The highest BCUT2D eigenvalue weighted by Gasteiger charge is 2.19. The van der Waals surface area contributed by atoms with Gasteiger partial charge in [0.1, 0.15) is 0 Å². The summed E-state index contributed by atoms with van der Waals surface area (Å²) < 4.78 is 24.6. The Bertz CT molecular complexity index is 760. The quantitative estimate of drug-likeness (QED) is 0.558. The first-order valence-electron chi connectivity index (χ1n) is 6.35. The molecule has 1 aromatic rings. The molecule has 0 fully saturated rings. The van der Waals surface area contributed by atoms with Crippen LogP contribution >= 0.6 is 23.2 Å². The van der Waals surface area contributed by atoms with E-state index in [4.69, 9.17) is 23.2 Å². The summed E-state index contributed by atoms with van der Waals surface area (Å²) in [6.45, 7) is 6.84. The van der Waals surface area contributed by atoms with Gasteiger partial charge < -0.3 is 0 Å². The smallest absolute Gasteiger partial charge is 0.184 e. The summed E-state index contributed by atoms with van der Waals surface area (Å²) in [5.74, 6) is -0.329. The van der Waals surface area contributed by atoms with Crippen LogP contribution in [0.5, 0.6) is 0 Å². The van der Waals surface area contributed by atoms with Gasteiger partial charge in [-0.3, -0.25) is 4.79 Å². The van der Waals surface area contributed by atoms with Crippen molar-refractivity contribution in [3.63, 3.8) is 0 Å². The molecule has 0 amide bonds. The second kappa shape index (κ2) is 7.77. The predicted molar refractivity (Wildman–Crippen MR) is 91.2 cm³/mol. The van der Waals surface area contributed by atoms with E-state index in [9.17, 15) is 13.2 Å². The number of rotatable bonds is 6. The second-order valence-corrected chi connectivity index (χ2v) is 7.48. The fraction of sp³-hybridized carbons (Fsp3) is 0.188. The maximum Gasteiger partial charge on any atom is 0.184 e.